The van der Waals surface area contributed by atoms with Crippen LogP contribution in [0.5, 0.6) is 0 Å². The highest BCUT2D eigenvalue weighted by Crippen LogP contribution is 2.25. The summed E-state index contributed by atoms with van der Waals surface area (Å²) in [5.74, 6) is -3.75. The first kappa shape index (κ1) is 15.4. The predicted octanol–water partition coefficient (Wildman–Crippen LogP) is 2.60. The number of aliphatic carboxylic acids is 1. The van der Waals surface area contributed by atoms with Gasteiger partial charge in [-0.25, -0.2) is 0 Å². The molecule has 4 nitrogen and oxygen atoms in total. The highest BCUT2D eigenvalue weighted by atomic mass is 32.2. The predicted molar refractivity (Wildman–Crippen MR) is 67.5 cm³/mol. The van der Waals surface area contributed by atoms with Gasteiger partial charge in [-0.3, -0.25) is 9.59 Å². The molecule has 0 radical (unpaired) electrons. The largest absolute Gasteiger partial charge is 0.481 e. The minimum Gasteiger partial charge on any atom is -0.481 e. The second-order valence-electron chi connectivity index (χ2n) is 3.66. The molecule has 2 N–H and O–H groups in total. The summed E-state index contributed by atoms with van der Waals surface area (Å²) in [6.45, 7) is 0.263. The molecule has 0 aliphatic carbocycles. The molecule has 1 amide bonds. The number of carbonyl (C=O) groups excluding carboxylic acids is 1. The van der Waals surface area contributed by atoms with Crippen LogP contribution in [0.1, 0.15) is 23.2 Å². The Labute approximate surface area is 113 Å². The summed E-state index contributed by atoms with van der Waals surface area (Å²) in [6, 6.07) is 5.81. The quantitative estimate of drug-likeness (QED) is 0.598. The fourth-order valence-electron chi connectivity index (χ4n) is 1.33. The molecular formula is C12H13F2NO3S. The molecule has 104 valence electrons. The van der Waals surface area contributed by atoms with E-state index in [-0.39, 0.29) is 18.9 Å². The normalized spacial score (nSPS) is 10.5. The minimum absolute atomic E-state index is 0.00968. The van der Waals surface area contributed by atoms with Crippen LogP contribution < -0.4 is 5.32 Å². The van der Waals surface area contributed by atoms with Crippen molar-refractivity contribution in [2.24, 2.45) is 0 Å². The van der Waals surface area contributed by atoms with E-state index in [9.17, 15) is 18.4 Å². The number of benzene rings is 1. The van der Waals surface area contributed by atoms with Crippen LogP contribution in [0, 0.1) is 0 Å². The van der Waals surface area contributed by atoms with Gasteiger partial charge >= 0.3 is 5.97 Å². The Morgan fingerprint density at radius 2 is 1.89 bits per heavy atom. The summed E-state index contributed by atoms with van der Waals surface area (Å²) in [5, 5.41) is 11.0. The third-order valence-electron chi connectivity index (χ3n) is 2.19. The zero-order chi connectivity index (χ0) is 14.3. The van der Waals surface area contributed by atoms with Crippen LogP contribution in [-0.2, 0) is 4.79 Å². The van der Waals surface area contributed by atoms with Crippen molar-refractivity contribution in [2.75, 3.05) is 6.54 Å². The summed E-state index contributed by atoms with van der Waals surface area (Å²) in [4.78, 5) is 22.3. The maximum Gasteiger partial charge on any atom is 0.303 e. The molecule has 0 fully saturated rings. The van der Waals surface area contributed by atoms with Gasteiger partial charge in [-0.15, -0.1) is 0 Å². The van der Waals surface area contributed by atoms with E-state index in [0.29, 0.717) is 28.6 Å². The van der Waals surface area contributed by atoms with E-state index in [1.807, 2.05) is 0 Å². The van der Waals surface area contributed by atoms with Gasteiger partial charge in [0.1, 0.15) is 0 Å². The summed E-state index contributed by atoms with van der Waals surface area (Å²) in [5.41, 5.74) is 0.356. The zero-order valence-electron chi connectivity index (χ0n) is 9.94. The number of rotatable bonds is 7. The molecule has 1 rings (SSSR count). The van der Waals surface area contributed by atoms with E-state index < -0.39 is 11.7 Å². The van der Waals surface area contributed by atoms with Crippen molar-refractivity contribution in [3.63, 3.8) is 0 Å². The fraction of sp³-hybridized carbons (Fsp3) is 0.333. The van der Waals surface area contributed by atoms with Crippen LogP contribution in [0.3, 0.4) is 0 Å². The molecular weight excluding hydrogens is 276 g/mol. The molecule has 0 heterocycles. The van der Waals surface area contributed by atoms with Gasteiger partial charge < -0.3 is 10.4 Å². The highest BCUT2D eigenvalue weighted by Gasteiger charge is 2.08. The number of thioether (sulfide) groups is 1. The van der Waals surface area contributed by atoms with Crippen LogP contribution in [0.25, 0.3) is 0 Å². The van der Waals surface area contributed by atoms with E-state index in [1.165, 1.54) is 24.3 Å². The van der Waals surface area contributed by atoms with E-state index in [1.54, 1.807) is 0 Å². The number of carbonyl (C=O) groups is 2. The first-order valence-electron chi connectivity index (χ1n) is 5.54. The fourth-order valence-corrected chi connectivity index (χ4v) is 1.83. The first-order chi connectivity index (χ1) is 8.99. The molecule has 0 aliphatic rings. The van der Waals surface area contributed by atoms with E-state index in [4.69, 9.17) is 5.11 Å². The standard InChI is InChI=1S/C12H13F2NO3S/c13-12(14)19-9-5-3-8(4-6-9)11(18)15-7-1-2-10(16)17/h3-6,12H,1-2,7H2,(H,15,18)(H,16,17). The number of carboxylic acid groups (broad SMARTS) is 1. The van der Waals surface area contributed by atoms with Crippen LogP contribution in [0.15, 0.2) is 29.2 Å². The van der Waals surface area contributed by atoms with Gasteiger partial charge in [0, 0.05) is 23.4 Å². The van der Waals surface area contributed by atoms with Crippen molar-refractivity contribution in [3.8, 4) is 0 Å². The van der Waals surface area contributed by atoms with E-state index in [2.05, 4.69) is 5.32 Å². The monoisotopic (exact) mass is 289 g/mol. The van der Waals surface area contributed by atoms with Crippen molar-refractivity contribution < 1.29 is 23.5 Å². The average molecular weight is 289 g/mol. The van der Waals surface area contributed by atoms with Gasteiger partial charge in [0.15, 0.2) is 0 Å². The zero-order valence-corrected chi connectivity index (χ0v) is 10.8. The van der Waals surface area contributed by atoms with Gasteiger partial charge in [0.05, 0.1) is 0 Å². The van der Waals surface area contributed by atoms with Gasteiger partial charge in [0.2, 0.25) is 0 Å². The molecule has 0 aliphatic heterocycles. The average Bonchev–Trinajstić information content (AvgIpc) is 2.34. The SMILES string of the molecule is O=C(O)CCCNC(=O)c1ccc(SC(F)F)cc1. The second kappa shape index (κ2) is 7.73. The Hall–Kier alpha value is -1.63. The van der Waals surface area contributed by atoms with Crippen LogP contribution in [0.4, 0.5) is 8.78 Å². The Bertz CT molecular complexity index is 437. The van der Waals surface area contributed by atoms with Crippen molar-refractivity contribution >= 4 is 23.6 Å². The minimum atomic E-state index is -2.49. The second-order valence-corrected chi connectivity index (χ2v) is 4.72. The third kappa shape index (κ3) is 6.19. The topological polar surface area (TPSA) is 66.4 Å². The number of halogens is 2. The van der Waals surface area contributed by atoms with Crippen molar-refractivity contribution in [2.45, 2.75) is 23.5 Å². The lowest BCUT2D eigenvalue weighted by molar-refractivity contribution is -0.137. The van der Waals surface area contributed by atoms with E-state index in [0.717, 1.165) is 0 Å². The summed E-state index contributed by atoms with van der Waals surface area (Å²) in [7, 11) is 0. The van der Waals surface area contributed by atoms with Gasteiger partial charge in [0.25, 0.3) is 11.7 Å². The van der Waals surface area contributed by atoms with Gasteiger partial charge in [-0.1, -0.05) is 11.8 Å². The van der Waals surface area contributed by atoms with Crippen LogP contribution in [0.2, 0.25) is 0 Å². The molecule has 1 aromatic carbocycles. The molecule has 0 atom stereocenters. The highest BCUT2D eigenvalue weighted by molar-refractivity contribution is 7.99. The molecule has 0 saturated carbocycles. The van der Waals surface area contributed by atoms with Crippen molar-refractivity contribution in [1.82, 2.24) is 5.32 Å². The maximum atomic E-state index is 12.1. The number of nitrogens with one attached hydrogen (secondary N) is 1. The lowest BCUT2D eigenvalue weighted by Gasteiger charge is -2.05. The maximum absolute atomic E-state index is 12.1. The molecule has 7 heteroatoms. The Morgan fingerprint density at radius 3 is 2.42 bits per heavy atom. The van der Waals surface area contributed by atoms with Crippen molar-refractivity contribution in [1.29, 1.82) is 0 Å². The number of amides is 1. The van der Waals surface area contributed by atoms with E-state index >= 15 is 0 Å². The smallest absolute Gasteiger partial charge is 0.303 e. The Balaban J connectivity index is 2.42. The Kier molecular flexibility index (Phi) is 6.27. The molecule has 19 heavy (non-hydrogen) atoms. The third-order valence-corrected chi connectivity index (χ3v) is 2.92. The van der Waals surface area contributed by atoms with Crippen LogP contribution >= 0.6 is 11.8 Å². The summed E-state index contributed by atoms with van der Waals surface area (Å²) >= 11 is 0.413. The molecule has 0 aromatic heterocycles. The summed E-state index contributed by atoms with van der Waals surface area (Å²) in [6.07, 6.45) is 0.338. The number of alkyl halides is 2. The molecule has 1 aromatic rings. The van der Waals surface area contributed by atoms with Crippen molar-refractivity contribution in [3.05, 3.63) is 29.8 Å². The number of hydrogen-bond acceptors (Lipinski definition) is 3. The van der Waals surface area contributed by atoms with Gasteiger partial charge in [-0.05, 0) is 30.7 Å². The first-order valence-corrected chi connectivity index (χ1v) is 6.42. The number of carboxylic acids is 1. The molecule has 0 spiro atoms. The molecule has 0 bridgehead atoms. The molecule has 0 unspecified atom stereocenters. The lowest BCUT2D eigenvalue weighted by Crippen LogP contribution is -2.24. The Morgan fingerprint density at radius 1 is 1.26 bits per heavy atom. The number of hydrogen-bond donors (Lipinski definition) is 2. The van der Waals surface area contributed by atoms with Gasteiger partial charge in [-0.2, -0.15) is 8.78 Å². The lowest BCUT2D eigenvalue weighted by atomic mass is 10.2. The summed E-state index contributed by atoms with van der Waals surface area (Å²) < 4.78 is 24.2. The van der Waals surface area contributed by atoms with Crippen LogP contribution in [-0.4, -0.2) is 29.3 Å². The molecule has 0 saturated heterocycles.